The van der Waals surface area contributed by atoms with Gasteiger partial charge < -0.3 is 10.0 Å². The SMILES string of the molecule is CC(=O)c1ccc(C(=O)N2CC[C@@](O)(c3ccccc3C)C2)s1. The molecule has 1 aromatic heterocycles. The van der Waals surface area contributed by atoms with Crippen LogP contribution < -0.4 is 0 Å². The van der Waals surface area contributed by atoms with E-state index in [0.29, 0.717) is 22.7 Å². The molecule has 4 nitrogen and oxygen atoms in total. The molecule has 0 aliphatic carbocycles. The molecule has 1 atom stereocenters. The Morgan fingerprint density at radius 3 is 2.52 bits per heavy atom. The van der Waals surface area contributed by atoms with Gasteiger partial charge in [0.1, 0.15) is 5.60 Å². The lowest BCUT2D eigenvalue weighted by Crippen LogP contribution is -2.34. The summed E-state index contributed by atoms with van der Waals surface area (Å²) in [6.07, 6.45) is 0.522. The molecular formula is C18H19NO3S. The van der Waals surface area contributed by atoms with Crippen LogP contribution in [0.4, 0.5) is 0 Å². The third kappa shape index (κ3) is 2.94. The van der Waals surface area contributed by atoms with Crippen molar-refractivity contribution in [2.24, 2.45) is 0 Å². The fourth-order valence-electron chi connectivity index (χ4n) is 3.08. The maximum absolute atomic E-state index is 12.6. The Morgan fingerprint density at radius 1 is 1.17 bits per heavy atom. The topological polar surface area (TPSA) is 57.6 Å². The van der Waals surface area contributed by atoms with E-state index in [1.165, 1.54) is 18.3 Å². The minimum absolute atomic E-state index is 0.0353. The van der Waals surface area contributed by atoms with Gasteiger partial charge in [-0.3, -0.25) is 9.59 Å². The van der Waals surface area contributed by atoms with Crippen molar-refractivity contribution in [2.45, 2.75) is 25.9 Å². The number of aryl methyl sites for hydroxylation is 1. The lowest BCUT2D eigenvalue weighted by molar-refractivity contribution is 0.0414. The van der Waals surface area contributed by atoms with E-state index in [0.717, 1.165) is 11.1 Å². The van der Waals surface area contributed by atoms with Crippen molar-refractivity contribution < 1.29 is 14.7 Å². The van der Waals surface area contributed by atoms with Crippen LogP contribution in [-0.4, -0.2) is 34.8 Å². The number of hydrogen-bond donors (Lipinski definition) is 1. The number of benzene rings is 1. The standard InChI is InChI=1S/C18H19NO3S/c1-12-5-3-4-6-14(12)18(22)9-10-19(11-18)17(21)16-8-7-15(23-16)13(2)20/h3-8,22H,9-11H2,1-2H3/t18-/m0/s1. The zero-order valence-electron chi connectivity index (χ0n) is 13.2. The third-order valence-corrected chi connectivity index (χ3v) is 5.52. The minimum atomic E-state index is -0.998. The van der Waals surface area contributed by atoms with Crippen molar-refractivity contribution >= 4 is 23.0 Å². The number of Topliss-reactive ketones (excluding diaryl/α,β-unsaturated/α-hetero) is 1. The summed E-state index contributed by atoms with van der Waals surface area (Å²) < 4.78 is 0. The van der Waals surface area contributed by atoms with Gasteiger partial charge >= 0.3 is 0 Å². The molecule has 0 spiro atoms. The molecule has 1 amide bonds. The highest BCUT2D eigenvalue weighted by Gasteiger charge is 2.40. The molecule has 2 heterocycles. The van der Waals surface area contributed by atoms with Crippen molar-refractivity contribution in [1.29, 1.82) is 0 Å². The molecule has 1 aliphatic heterocycles. The van der Waals surface area contributed by atoms with E-state index < -0.39 is 5.60 Å². The van der Waals surface area contributed by atoms with E-state index in [2.05, 4.69) is 0 Å². The summed E-state index contributed by atoms with van der Waals surface area (Å²) in [6.45, 7) is 4.25. The van der Waals surface area contributed by atoms with E-state index in [9.17, 15) is 14.7 Å². The van der Waals surface area contributed by atoms with Crippen LogP contribution in [0.2, 0.25) is 0 Å². The smallest absolute Gasteiger partial charge is 0.264 e. The average molecular weight is 329 g/mol. The summed E-state index contributed by atoms with van der Waals surface area (Å²) in [4.78, 5) is 26.8. The number of β-amino-alcohol motifs (C(OH)–C–C–N with tert-alkyl or cyclic N) is 1. The van der Waals surface area contributed by atoms with Crippen LogP contribution in [0, 0.1) is 6.92 Å². The van der Waals surface area contributed by atoms with Gasteiger partial charge in [0.05, 0.1) is 16.3 Å². The molecule has 0 radical (unpaired) electrons. The van der Waals surface area contributed by atoms with Gasteiger partial charge in [-0.25, -0.2) is 0 Å². The monoisotopic (exact) mass is 329 g/mol. The quantitative estimate of drug-likeness (QED) is 0.881. The number of ketones is 1. The van der Waals surface area contributed by atoms with Crippen molar-refractivity contribution in [1.82, 2.24) is 4.90 Å². The van der Waals surface area contributed by atoms with Crippen LogP contribution in [0.1, 0.15) is 43.8 Å². The number of hydrogen-bond acceptors (Lipinski definition) is 4. The Kier molecular flexibility index (Phi) is 4.08. The van der Waals surface area contributed by atoms with Gasteiger partial charge in [-0.2, -0.15) is 0 Å². The molecule has 1 saturated heterocycles. The number of carbonyl (C=O) groups is 2. The van der Waals surface area contributed by atoms with Gasteiger partial charge in [0, 0.05) is 6.54 Å². The number of likely N-dealkylation sites (tertiary alicyclic amines) is 1. The Balaban J connectivity index is 1.80. The molecule has 0 saturated carbocycles. The predicted molar refractivity (Wildman–Crippen MR) is 89.9 cm³/mol. The van der Waals surface area contributed by atoms with E-state index in [-0.39, 0.29) is 18.2 Å². The van der Waals surface area contributed by atoms with Gasteiger partial charge in [0.15, 0.2) is 5.78 Å². The molecule has 3 rings (SSSR count). The van der Waals surface area contributed by atoms with E-state index >= 15 is 0 Å². The fourth-order valence-corrected chi connectivity index (χ4v) is 3.95. The number of thiophene rings is 1. The minimum Gasteiger partial charge on any atom is -0.383 e. The second-order valence-corrected chi connectivity index (χ2v) is 7.13. The third-order valence-electron chi connectivity index (χ3n) is 4.35. The Labute approximate surface area is 139 Å². The molecule has 5 heteroatoms. The Hall–Kier alpha value is -1.98. The van der Waals surface area contributed by atoms with Gasteiger partial charge in [-0.1, -0.05) is 24.3 Å². The first-order valence-corrected chi connectivity index (χ1v) is 8.41. The Bertz CT molecular complexity index is 767. The van der Waals surface area contributed by atoms with Crippen molar-refractivity contribution in [3.63, 3.8) is 0 Å². The number of carbonyl (C=O) groups excluding carboxylic acids is 2. The number of nitrogens with zero attached hydrogens (tertiary/aromatic N) is 1. The van der Waals surface area contributed by atoms with E-state index in [4.69, 9.17) is 0 Å². The molecule has 1 aliphatic rings. The highest BCUT2D eigenvalue weighted by molar-refractivity contribution is 7.15. The largest absolute Gasteiger partial charge is 0.383 e. The van der Waals surface area contributed by atoms with Gasteiger partial charge in [-0.15, -0.1) is 11.3 Å². The Morgan fingerprint density at radius 2 is 1.87 bits per heavy atom. The summed E-state index contributed by atoms with van der Waals surface area (Å²) in [5.74, 6) is -0.154. The molecule has 0 bridgehead atoms. The molecule has 120 valence electrons. The van der Waals surface area contributed by atoms with Crippen LogP contribution in [0.15, 0.2) is 36.4 Å². The van der Waals surface area contributed by atoms with Crippen molar-refractivity contribution in [2.75, 3.05) is 13.1 Å². The molecular weight excluding hydrogens is 310 g/mol. The van der Waals surface area contributed by atoms with Crippen molar-refractivity contribution in [3.05, 3.63) is 57.3 Å². The summed E-state index contributed by atoms with van der Waals surface area (Å²) in [5.41, 5.74) is 0.909. The highest BCUT2D eigenvalue weighted by Crippen LogP contribution is 2.35. The highest BCUT2D eigenvalue weighted by atomic mass is 32.1. The number of aliphatic hydroxyl groups is 1. The first kappa shape index (κ1) is 15.9. The second-order valence-electron chi connectivity index (χ2n) is 6.04. The molecule has 1 fully saturated rings. The maximum Gasteiger partial charge on any atom is 0.264 e. The molecule has 1 aromatic carbocycles. The summed E-state index contributed by atoms with van der Waals surface area (Å²) in [6, 6.07) is 11.1. The number of amides is 1. The first-order valence-electron chi connectivity index (χ1n) is 7.59. The fraction of sp³-hybridized carbons (Fsp3) is 0.333. The van der Waals surface area contributed by atoms with Gasteiger partial charge in [0.25, 0.3) is 5.91 Å². The van der Waals surface area contributed by atoms with Crippen molar-refractivity contribution in [3.8, 4) is 0 Å². The average Bonchev–Trinajstić information content (AvgIpc) is 3.15. The summed E-state index contributed by atoms with van der Waals surface area (Å²) in [5, 5.41) is 11.0. The molecule has 2 aromatic rings. The van der Waals surface area contributed by atoms with Crippen LogP contribution >= 0.6 is 11.3 Å². The molecule has 0 unspecified atom stereocenters. The van der Waals surface area contributed by atoms with E-state index in [1.54, 1.807) is 17.0 Å². The molecule has 1 N–H and O–H groups in total. The van der Waals surface area contributed by atoms with Crippen LogP contribution in [-0.2, 0) is 5.60 Å². The van der Waals surface area contributed by atoms with Gasteiger partial charge in [-0.05, 0) is 43.5 Å². The second kappa shape index (κ2) is 5.91. The first-order chi connectivity index (χ1) is 10.9. The predicted octanol–water partition coefficient (Wildman–Crippen LogP) is 2.99. The van der Waals surface area contributed by atoms with Gasteiger partial charge in [0.2, 0.25) is 0 Å². The lowest BCUT2D eigenvalue weighted by Gasteiger charge is -2.25. The van der Waals surface area contributed by atoms with Crippen LogP contribution in [0.3, 0.4) is 0 Å². The van der Waals surface area contributed by atoms with Crippen LogP contribution in [0.25, 0.3) is 0 Å². The number of rotatable bonds is 3. The normalized spacial score (nSPS) is 20.7. The zero-order valence-corrected chi connectivity index (χ0v) is 14.0. The molecule has 23 heavy (non-hydrogen) atoms. The summed E-state index contributed by atoms with van der Waals surface area (Å²) >= 11 is 1.21. The lowest BCUT2D eigenvalue weighted by atomic mass is 9.89. The van der Waals surface area contributed by atoms with E-state index in [1.807, 2.05) is 31.2 Å². The van der Waals surface area contributed by atoms with Crippen LogP contribution in [0.5, 0.6) is 0 Å². The zero-order chi connectivity index (χ0) is 16.6. The summed E-state index contributed by atoms with van der Waals surface area (Å²) in [7, 11) is 0. The maximum atomic E-state index is 12.6.